The number of amides is 1. The third-order valence-corrected chi connectivity index (χ3v) is 5.30. The minimum absolute atomic E-state index is 0.0682. The molecule has 5 nitrogen and oxygen atoms in total. The van der Waals surface area contributed by atoms with E-state index in [0.29, 0.717) is 20.7 Å². The number of carboxylic acid groups (broad SMARTS) is 1. The quantitative estimate of drug-likeness (QED) is 0.552. The topological polar surface area (TPSA) is 70.8 Å². The molecule has 0 saturated carbocycles. The zero-order valence-corrected chi connectivity index (χ0v) is 16.0. The fraction of sp³-hybridized carbons (Fsp3) is 0.118. The van der Waals surface area contributed by atoms with Crippen LogP contribution in [0.15, 0.2) is 50.2 Å². The van der Waals surface area contributed by atoms with Crippen molar-refractivity contribution >= 4 is 62.2 Å². The number of aliphatic carboxylic acids is 1. The van der Waals surface area contributed by atoms with Crippen LogP contribution in [0, 0.1) is 0 Å². The van der Waals surface area contributed by atoms with Crippen LogP contribution < -0.4 is 0 Å². The molecule has 1 aromatic heterocycles. The molecule has 1 saturated heterocycles. The number of rotatable bonds is 5. The number of furan rings is 1. The van der Waals surface area contributed by atoms with Gasteiger partial charge in [0.25, 0.3) is 5.91 Å². The minimum Gasteiger partial charge on any atom is -0.481 e. The molecule has 0 radical (unpaired) electrons. The zero-order chi connectivity index (χ0) is 18.0. The van der Waals surface area contributed by atoms with E-state index in [9.17, 15) is 9.59 Å². The summed E-state index contributed by atoms with van der Waals surface area (Å²) in [6.45, 7) is 0.0682. The molecular formula is C17H12BrNO4S2. The lowest BCUT2D eigenvalue weighted by Gasteiger charge is -2.12. The Bertz CT molecular complexity index is 890. The van der Waals surface area contributed by atoms with Crippen LogP contribution in [-0.4, -0.2) is 32.7 Å². The number of carbonyl (C=O) groups excluding carboxylic acids is 1. The molecule has 1 aliphatic rings. The lowest BCUT2D eigenvalue weighted by molar-refractivity contribution is -0.137. The van der Waals surface area contributed by atoms with Gasteiger partial charge in [-0.2, -0.15) is 0 Å². The number of thiocarbonyl (C=S) groups is 1. The lowest BCUT2D eigenvalue weighted by Crippen LogP contribution is -2.30. The molecule has 0 aliphatic carbocycles. The maximum atomic E-state index is 12.4. The molecule has 3 rings (SSSR count). The highest BCUT2D eigenvalue weighted by atomic mass is 79.9. The summed E-state index contributed by atoms with van der Waals surface area (Å²) in [7, 11) is 0. The first kappa shape index (κ1) is 17.9. The Labute approximate surface area is 161 Å². The van der Waals surface area contributed by atoms with E-state index < -0.39 is 5.97 Å². The van der Waals surface area contributed by atoms with Gasteiger partial charge in [-0.25, -0.2) is 0 Å². The van der Waals surface area contributed by atoms with E-state index in [4.69, 9.17) is 21.7 Å². The van der Waals surface area contributed by atoms with Crippen LogP contribution in [0.3, 0.4) is 0 Å². The van der Waals surface area contributed by atoms with Gasteiger partial charge >= 0.3 is 5.97 Å². The second-order valence-electron chi connectivity index (χ2n) is 5.19. The molecule has 8 heteroatoms. The van der Waals surface area contributed by atoms with E-state index in [-0.39, 0.29) is 18.9 Å². The second-order valence-corrected chi connectivity index (χ2v) is 7.78. The van der Waals surface area contributed by atoms with Gasteiger partial charge in [-0.05, 0) is 24.3 Å². The summed E-state index contributed by atoms with van der Waals surface area (Å²) in [4.78, 5) is 24.8. The van der Waals surface area contributed by atoms with Gasteiger partial charge in [-0.15, -0.1) is 0 Å². The fourth-order valence-corrected chi connectivity index (χ4v) is 3.94. The summed E-state index contributed by atoms with van der Waals surface area (Å²) in [5, 5.41) is 8.76. The molecule has 2 aromatic rings. The predicted molar refractivity (Wildman–Crippen MR) is 104 cm³/mol. The Morgan fingerprint density at radius 1 is 1.36 bits per heavy atom. The number of nitrogens with zero attached hydrogens (tertiary/aromatic N) is 1. The van der Waals surface area contributed by atoms with Gasteiger partial charge < -0.3 is 9.52 Å². The standard InChI is InChI=1S/C17H12BrNO4S2/c18-11-3-1-2-10(8-11)13-5-4-12(23-13)9-14-16(22)19(17(24)25-14)7-6-15(20)21/h1-5,8-9H,6-7H2,(H,20,21)/b14-9+. The van der Waals surface area contributed by atoms with Crippen molar-refractivity contribution in [3.8, 4) is 11.3 Å². The Kier molecular flexibility index (Phi) is 5.41. The van der Waals surface area contributed by atoms with E-state index in [0.717, 1.165) is 21.8 Å². The Morgan fingerprint density at radius 3 is 2.88 bits per heavy atom. The smallest absolute Gasteiger partial charge is 0.305 e. The van der Waals surface area contributed by atoms with Crippen molar-refractivity contribution in [1.82, 2.24) is 4.90 Å². The maximum absolute atomic E-state index is 12.4. The third kappa shape index (κ3) is 4.20. The highest BCUT2D eigenvalue weighted by molar-refractivity contribution is 9.10. The number of thioether (sulfide) groups is 1. The fourth-order valence-electron chi connectivity index (χ4n) is 2.26. The molecule has 1 amide bonds. The summed E-state index contributed by atoms with van der Waals surface area (Å²) in [6, 6.07) is 11.3. The van der Waals surface area contributed by atoms with Crippen LogP contribution in [0.5, 0.6) is 0 Å². The molecule has 128 valence electrons. The summed E-state index contributed by atoms with van der Waals surface area (Å²) >= 11 is 9.72. The molecular weight excluding hydrogens is 426 g/mol. The zero-order valence-electron chi connectivity index (χ0n) is 12.8. The van der Waals surface area contributed by atoms with Crippen LogP contribution in [-0.2, 0) is 9.59 Å². The molecule has 0 bridgehead atoms. The minimum atomic E-state index is -0.970. The summed E-state index contributed by atoms with van der Waals surface area (Å²) < 4.78 is 7.09. The predicted octanol–water partition coefficient (Wildman–Crippen LogP) is 4.39. The van der Waals surface area contributed by atoms with Crippen LogP contribution in [0.1, 0.15) is 12.2 Å². The largest absolute Gasteiger partial charge is 0.481 e. The van der Waals surface area contributed by atoms with Crippen molar-refractivity contribution in [2.24, 2.45) is 0 Å². The van der Waals surface area contributed by atoms with Gasteiger partial charge in [0.05, 0.1) is 11.3 Å². The van der Waals surface area contributed by atoms with Crippen molar-refractivity contribution in [2.45, 2.75) is 6.42 Å². The van der Waals surface area contributed by atoms with Crippen LogP contribution in [0.4, 0.5) is 0 Å². The lowest BCUT2D eigenvalue weighted by atomic mass is 10.2. The molecule has 2 heterocycles. The van der Waals surface area contributed by atoms with Crippen molar-refractivity contribution in [3.05, 3.63) is 51.5 Å². The molecule has 1 aromatic carbocycles. The first-order valence-electron chi connectivity index (χ1n) is 7.27. The van der Waals surface area contributed by atoms with E-state index in [1.807, 2.05) is 30.3 Å². The van der Waals surface area contributed by atoms with Gasteiger partial charge in [0.2, 0.25) is 0 Å². The molecule has 25 heavy (non-hydrogen) atoms. The van der Waals surface area contributed by atoms with Crippen molar-refractivity contribution in [3.63, 3.8) is 0 Å². The number of carboxylic acids is 1. The number of carbonyl (C=O) groups is 2. The molecule has 0 spiro atoms. The highest BCUT2D eigenvalue weighted by Gasteiger charge is 2.32. The van der Waals surface area contributed by atoms with Gasteiger partial charge in [0.1, 0.15) is 15.8 Å². The SMILES string of the molecule is O=C(O)CCN1C(=O)/C(=C\c2ccc(-c3cccc(Br)c3)o2)SC1=S. The second kappa shape index (κ2) is 7.55. The molecule has 1 fully saturated rings. The van der Waals surface area contributed by atoms with E-state index in [1.165, 1.54) is 4.90 Å². The molecule has 1 N–H and O–H groups in total. The first-order chi connectivity index (χ1) is 11.9. The number of benzene rings is 1. The maximum Gasteiger partial charge on any atom is 0.305 e. The Morgan fingerprint density at radius 2 is 2.16 bits per heavy atom. The van der Waals surface area contributed by atoms with Crippen LogP contribution >= 0.6 is 39.9 Å². The average Bonchev–Trinajstić information content (AvgIpc) is 3.12. The number of hydrogen-bond donors (Lipinski definition) is 1. The van der Waals surface area contributed by atoms with Crippen LogP contribution in [0.25, 0.3) is 17.4 Å². The third-order valence-electron chi connectivity index (χ3n) is 3.43. The molecule has 1 aliphatic heterocycles. The van der Waals surface area contributed by atoms with E-state index >= 15 is 0 Å². The summed E-state index contributed by atoms with van der Waals surface area (Å²) in [6.07, 6.45) is 1.48. The Hall–Kier alpha value is -1.90. The summed E-state index contributed by atoms with van der Waals surface area (Å²) in [5.74, 6) is -0.0398. The highest BCUT2D eigenvalue weighted by Crippen LogP contribution is 2.34. The normalized spacial score (nSPS) is 16.0. The Balaban J connectivity index is 1.79. The van der Waals surface area contributed by atoms with Gasteiger partial charge in [0.15, 0.2) is 0 Å². The van der Waals surface area contributed by atoms with Crippen molar-refractivity contribution in [1.29, 1.82) is 0 Å². The van der Waals surface area contributed by atoms with Gasteiger partial charge in [-0.3, -0.25) is 14.5 Å². The van der Waals surface area contributed by atoms with Crippen molar-refractivity contribution in [2.75, 3.05) is 6.54 Å². The van der Waals surface area contributed by atoms with Gasteiger partial charge in [-0.1, -0.05) is 52.0 Å². The summed E-state index contributed by atoms with van der Waals surface area (Å²) in [5.41, 5.74) is 0.919. The number of halogens is 1. The molecule has 0 unspecified atom stereocenters. The van der Waals surface area contributed by atoms with Crippen molar-refractivity contribution < 1.29 is 19.1 Å². The average molecular weight is 438 g/mol. The van der Waals surface area contributed by atoms with Crippen LogP contribution in [0.2, 0.25) is 0 Å². The van der Waals surface area contributed by atoms with E-state index in [2.05, 4.69) is 15.9 Å². The monoisotopic (exact) mass is 437 g/mol. The first-order valence-corrected chi connectivity index (χ1v) is 9.29. The van der Waals surface area contributed by atoms with Gasteiger partial charge in [0, 0.05) is 22.7 Å². The number of hydrogen-bond acceptors (Lipinski definition) is 5. The van der Waals surface area contributed by atoms with E-state index in [1.54, 1.807) is 12.1 Å². The molecule has 0 atom stereocenters.